The Morgan fingerprint density at radius 3 is 2.17 bits per heavy atom. The average molecular weight is 719 g/mol. The van der Waals surface area contributed by atoms with Crippen molar-refractivity contribution in [1.29, 1.82) is 0 Å². The van der Waals surface area contributed by atoms with Gasteiger partial charge in [0.05, 0.1) is 18.0 Å². The molecule has 2 heterocycles. The van der Waals surface area contributed by atoms with Crippen LogP contribution in [0.5, 0.6) is 0 Å². The molecule has 0 N–H and O–H groups in total. The smallest absolute Gasteiger partial charge is 0.113 e. The van der Waals surface area contributed by atoms with Gasteiger partial charge in [0.15, 0.2) is 0 Å². The molecule has 0 amide bonds. The van der Waals surface area contributed by atoms with Gasteiger partial charge in [-0.15, -0.1) is 11.3 Å². The molecule has 1 aromatic heterocycles. The number of anilines is 3. The monoisotopic (exact) mass is 718 g/mol. The van der Waals surface area contributed by atoms with Crippen molar-refractivity contribution in [3.05, 3.63) is 176 Å². The Balaban J connectivity index is 1.19. The predicted molar refractivity (Wildman–Crippen MR) is 234 cm³/mol. The maximum Gasteiger partial charge on any atom is 0.113 e. The molecule has 0 spiro atoms. The molecule has 9 aromatic carbocycles. The van der Waals surface area contributed by atoms with E-state index in [1.807, 2.05) is 24.3 Å². The van der Waals surface area contributed by atoms with Crippen molar-refractivity contribution in [2.45, 2.75) is 13.1 Å². The van der Waals surface area contributed by atoms with E-state index >= 15 is 0 Å². The van der Waals surface area contributed by atoms with Crippen molar-refractivity contribution in [1.82, 2.24) is 0 Å². The van der Waals surface area contributed by atoms with Crippen LogP contribution in [0.4, 0.5) is 17.1 Å². The molecule has 0 fully saturated rings. The van der Waals surface area contributed by atoms with Gasteiger partial charge < -0.3 is 4.90 Å². The number of rotatable bonds is 4. The Labute approximate surface area is 326 Å². The SMILES string of the molecule is [2H]c1c([2H])c([2H])c2c(c1[2H])c([2H])c([2H])c1c([2H])c([2H])c(-c3cccc4sc5ccc(N(c6ccc7c(c6)[Si](C)(C)c6ccccc6-7)c6cccc7ccccc67)cc5c34)c([2H])c12. The van der Waals surface area contributed by atoms with Crippen LogP contribution in [0.3, 0.4) is 0 Å². The molecule has 1 aliphatic rings. The largest absolute Gasteiger partial charge is 0.310 e. The van der Waals surface area contributed by atoms with Gasteiger partial charge in [-0.1, -0.05) is 140 Å². The zero-order valence-corrected chi connectivity index (χ0v) is 30.7. The molecule has 250 valence electrons. The summed E-state index contributed by atoms with van der Waals surface area (Å²) in [6.45, 7) is 4.83. The number of fused-ring (bicyclic) bond motifs is 10. The van der Waals surface area contributed by atoms with Gasteiger partial charge >= 0.3 is 0 Å². The molecule has 0 aliphatic carbocycles. The summed E-state index contributed by atoms with van der Waals surface area (Å²) in [6.07, 6.45) is 0. The first-order chi connectivity index (χ1) is 29.8. The Morgan fingerprint density at radius 2 is 1.23 bits per heavy atom. The molecule has 11 rings (SSSR count). The molecule has 1 aliphatic heterocycles. The lowest BCUT2D eigenvalue weighted by molar-refractivity contribution is 1.31. The molecule has 0 saturated carbocycles. The van der Waals surface area contributed by atoms with E-state index < -0.39 is 44.3 Å². The van der Waals surface area contributed by atoms with Crippen LogP contribution in [-0.2, 0) is 0 Å². The summed E-state index contributed by atoms with van der Waals surface area (Å²) in [5.74, 6) is 0. The molecule has 10 aromatic rings. The molecule has 0 atom stereocenters. The van der Waals surface area contributed by atoms with Gasteiger partial charge in [-0.05, 0) is 108 Å². The van der Waals surface area contributed by atoms with E-state index in [0.29, 0.717) is 5.56 Å². The normalized spacial score (nSPS) is 15.6. The molecule has 53 heavy (non-hydrogen) atoms. The Morgan fingerprint density at radius 1 is 0.509 bits per heavy atom. The Kier molecular flexibility index (Phi) is 4.95. The van der Waals surface area contributed by atoms with Crippen LogP contribution < -0.4 is 15.3 Å². The van der Waals surface area contributed by atoms with Crippen LogP contribution in [0.15, 0.2) is 176 Å². The third-order valence-corrected chi connectivity index (χ3v) is 15.6. The predicted octanol–water partition coefficient (Wildman–Crippen LogP) is 13.5. The quantitative estimate of drug-likeness (QED) is 0.129. The van der Waals surface area contributed by atoms with Gasteiger partial charge in [-0.25, -0.2) is 0 Å². The van der Waals surface area contributed by atoms with Crippen molar-refractivity contribution in [2.75, 3.05) is 4.90 Å². The molecular weight excluding hydrogens is 675 g/mol. The first-order valence-corrected chi connectivity index (χ1v) is 21.5. The highest BCUT2D eigenvalue weighted by Gasteiger charge is 2.37. The minimum absolute atomic E-state index is 0.0337. The van der Waals surface area contributed by atoms with Crippen molar-refractivity contribution >= 4 is 99.3 Å². The van der Waals surface area contributed by atoms with E-state index in [1.165, 1.54) is 21.5 Å². The number of thiophene rings is 1. The van der Waals surface area contributed by atoms with Crippen LogP contribution in [0.2, 0.25) is 13.1 Å². The van der Waals surface area contributed by atoms with E-state index in [0.717, 1.165) is 48.0 Å². The van der Waals surface area contributed by atoms with Gasteiger partial charge in [-0.3, -0.25) is 0 Å². The second kappa shape index (κ2) is 11.5. The van der Waals surface area contributed by atoms with E-state index in [4.69, 9.17) is 8.22 Å². The Bertz CT molecular complexity index is 3630. The molecule has 1 nitrogen and oxygen atoms in total. The lowest BCUT2D eigenvalue weighted by atomic mass is 9.95. The fourth-order valence-corrected chi connectivity index (χ4v) is 12.6. The summed E-state index contributed by atoms with van der Waals surface area (Å²) < 4.78 is 82.3. The first-order valence-electron chi connectivity index (χ1n) is 22.2. The van der Waals surface area contributed by atoms with Gasteiger partial charge in [0.1, 0.15) is 8.07 Å². The maximum atomic E-state index is 9.74. The lowest BCUT2D eigenvalue weighted by Gasteiger charge is -2.29. The number of nitrogens with zero attached hydrogens (tertiary/aromatic N) is 1. The van der Waals surface area contributed by atoms with Crippen LogP contribution >= 0.6 is 11.3 Å². The van der Waals surface area contributed by atoms with E-state index in [9.17, 15) is 4.11 Å². The Hall–Kier alpha value is -6.00. The van der Waals surface area contributed by atoms with E-state index in [1.54, 1.807) is 11.3 Å². The van der Waals surface area contributed by atoms with Crippen LogP contribution in [-0.4, -0.2) is 8.07 Å². The second-order valence-corrected chi connectivity index (χ2v) is 19.6. The maximum absolute atomic E-state index is 9.74. The molecular formula is C50H35NSSi. The fourth-order valence-electron chi connectivity index (χ4n) is 8.37. The molecule has 0 bridgehead atoms. The zero-order valence-electron chi connectivity index (χ0n) is 37.9. The molecule has 0 saturated heterocycles. The van der Waals surface area contributed by atoms with Crippen molar-refractivity contribution in [3.8, 4) is 22.3 Å². The van der Waals surface area contributed by atoms with Crippen LogP contribution in [0.25, 0.3) is 74.7 Å². The van der Waals surface area contributed by atoms with Gasteiger partial charge in [0.25, 0.3) is 0 Å². The van der Waals surface area contributed by atoms with Crippen molar-refractivity contribution in [2.24, 2.45) is 0 Å². The van der Waals surface area contributed by atoms with Gasteiger partial charge in [0.2, 0.25) is 0 Å². The first kappa shape index (κ1) is 22.8. The standard InChI is InChI=1S/C50H35NSSi/c1-53(2)48-20-8-7-16-41(48)42-27-25-37(31-49(42)53)51(45-18-9-13-32-11-4-6-15-39(32)45)36-26-28-46-44(30-36)50-40(17-10-19-47(50)52-46)35-24-23-34-22-21-33-12-3-5-14-38(33)43(34)29-35/h3-31H,1-2H3/i3D,5D,12D,14D,21D,22D,23D,24D,29D. The minimum Gasteiger partial charge on any atom is -0.310 e. The van der Waals surface area contributed by atoms with Crippen LogP contribution in [0.1, 0.15) is 12.3 Å². The van der Waals surface area contributed by atoms with E-state index in [-0.39, 0.29) is 45.2 Å². The third kappa shape index (κ3) is 4.61. The number of hydrogen-bond donors (Lipinski definition) is 0. The molecule has 0 radical (unpaired) electrons. The highest BCUT2D eigenvalue weighted by Crippen LogP contribution is 2.46. The summed E-state index contributed by atoms with van der Waals surface area (Å²) in [5, 5.41) is 6.26. The summed E-state index contributed by atoms with van der Waals surface area (Å²) in [6, 6.07) is 38.7. The lowest BCUT2D eigenvalue weighted by Crippen LogP contribution is -2.49. The fraction of sp³-hybridized carbons (Fsp3) is 0.0400. The van der Waals surface area contributed by atoms with E-state index in [2.05, 4.69) is 115 Å². The summed E-state index contributed by atoms with van der Waals surface area (Å²) in [5.41, 5.74) is 6.21. The average Bonchev–Trinajstić information content (AvgIpc) is 3.76. The highest BCUT2D eigenvalue weighted by atomic mass is 32.1. The van der Waals surface area contributed by atoms with Gasteiger partial charge in [-0.2, -0.15) is 0 Å². The zero-order chi connectivity index (χ0) is 43.1. The summed E-state index contributed by atoms with van der Waals surface area (Å²) in [4.78, 5) is 2.32. The topological polar surface area (TPSA) is 3.24 Å². The van der Waals surface area contributed by atoms with Crippen molar-refractivity contribution < 1.29 is 12.3 Å². The second-order valence-electron chi connectivity index (χ2n) is 14.2. The molecule has 0 unspecified atom stereocenters. The highest BCUT2D eigenvalue weighted by molar-refractivity contribution is 7.26. The molecule has 3 heteroatoms. The van der Waals surface area contributed by atoms with Gasteiger partial charge in [0, 0.05) is 36.9 Å². The number of benzene rings is 9. The summed E-state index contributed by atoms with van der Waals surface area (Å²) in [7, 11) is -2.04. The number of hydrogen-bond acceptors (Lipinski definition) is 2. The minimum atomic E-state index is -2.04. The van der Waals surface area contributed by atoms with Crippen molar-refractivity contribution in [3.63, 3.8) is 0 Å². The van der Waals surface area contributed by atoms with Crippen LogP contribution in [0, 0.1) is 0 Å². The summed E-state index contributed by atoms with van der Waals surface area (Å²) >= 11 is 1.59. The third-order valence-electron chi connectivity index (χ3n) is 10.9.